The summed E-state index contributed by atoms with van der Waals surface area (Å²) in [6, 6.07) is 0. The molecule has 0 rings (SSSR count). The molecule has 2 nitrogen and oxygen atoms in total. The molecule has 0 aromatic carbocycles. The summed E-state index contributed by atoms with van der Waals surface area (Å²) in [5, 5.41) is 9.65. The predicted molar refractivity (Wildman–Crippen MR) is 30.2 cm³/mol. The Bertz CT molecular complexity index is 244. The lowest BCUT2D eigenvalue weighted by Gasteiger charge is -2.28. The highest BCUT2D eigenvalue weighted by atomic mass is 19.4. The highest BCUT2D eigenvalue weighted by molar-refractivity contribution is 5.64. The fourth-order valence-electron chi connectivity index (χ4n) is 0.623. The third kappa shape index (κ3) is 2.96. The van der Waals surface area contributed by atoms with Crippen molar-refractivity contribution in [3.05, 3.63) is 0 Å². The van der Waals surface area contributed by atoms with Crippen LogP contribution in [-0.4, -0.2) is 24.0 Å². The van der Waals surface area contributed by atoms with E-state index in [1.54, 1.807) is 0 Å². The van der Waals surface area contributed by atoms with Crippen molar-refractivity contribution in [2.75, 3.05) is 0 Å². The van der Waals surface area contributed by atoms with E-state index < -0.39 is 36.8 Å². The molecule has 0 bridgehead atoms. The van der Waals surface area contributed by atoms with Crippen molar-refractivity contribution in [2.24, 2.45) is 0 Å². The van der Waals surface area contributed by atoms with Crippen molar-refractivity contribution in [1.82, 2.24) is 0 Å². The largest absolute Gasteiger partial charge is 0.550 e. The van der Waals surface area contributed by atoms with Crippen LogP contribution >= 0.6 is 0 Å². The highest BCUT2D eigenvalue weighted by Gasteiger charge is 2.72. The molecule has 0 fully saturated rings. The van der Waals surface area contributed by atoms with E-state index in [0.29, 0.717) is 0 Å². The Morgan fingerprint density at radius 1 is 1.00 bits per heavy atom. The molecule has 0 radical (unpaired) electrons. The monoisotopic (exact) mass is 241 g/mol. The molecular weight excluding hydrogens is 237 g/mol. The molecule has 90 valence electrons. The van der Waals surface area contributed by atoms with Crippen LogP contribution in [0.3, 0.4) is 0 Å². The summed E-state index contributed by atoms with van der Waals surface area (Å²) in [7, 11) is 0. The maximum Gasteiger partial charge on any atom is 0.459 e. The Labute approximate surface area is 78.7 Å². The minimum absolute atomic E-state index is 1.58. The van der Waals surface area contributed by atoms with Crippen molar-refractivity contribution < 1.29 is 40.6 Å². The first kappa shape index (κ1) is 14.0. The zero-order valence-corrected chi connectivity index (χ0v) is 6.88. The SMILES string of the molecule is O=C([O-])CCC(F)(F)C(F)(F)C(F)(F)F. The van der Waals surface area contributed by atoms with Gasteiger partial charge in [-0.1, -0.05) is 0 Å². The lowest BCUT2D eigenvalue weighted by Crippen LogP contribution is -2.52. The van der Waals surface area contributed by atoms with Crippen LogP contribution in [0.15, 0.2) is 0 Å². The number of rotatable bonds is 4. The Hall–Kier alpha value is -1.02. The lowest BCUT2D eigenvalue weighted by atomic mass is 10.1. The zero-order valence-electron chi connectivity index (χ0n) is 6.88. The minimum atomic E-state index is -6.43. The lowest BCUT2D eigenvalue weighted by molar-refractivity contribution is -0.357. The van der Waals surface area contributed by atoms with E-state index in [4.69, 9.17) is 0 Å². The Balaban J connectivity index is 4.77. The Morgan fingerprint density at radius 3 is 1.67 bits per heavy atom. The first-order valence-electron chi connectivity index (χ1n) is 3.44. The van der Waals surface area contributed by atoms with E-state index in [2.05, 4.69) is 0 Å². The van der Waals surface area contributed by atoms with Crippen LogP contribution in [0.5, 0.6) is 0 Å². The van der Waals surface area contributed by atoms with Gasteiger partial charge in [-0.05, 0) is 6.42 Å². The number of carbonyl (C=O) groups excluding carboxylic acids is 1. The fraction of sp³-hybridized carbons (Fsp3) is 0.833. The Morgan fingerprint density at radius 2 is 1.40 bits per heavy atom. The summed E-state index contributed by atoms with van der Waals surface area (Å²) in [4.78, 5) is 9.65. The van der Waals surface area contributed by atoms with Gasteiger partial charge < -0.3 is 9.90 Å². The van der Waals surface area contributed by atoms with Crippen molar-refractivity contribution in [1.29, 1.82) is 0 Å². The van der Waals surface area contributed by atoms with Crippen LogP contribution in [0.1, 0.15) is 12.8 Å². The van der Waals surface area contributed by atoms with Gasteiger partial charge in [0.2, 0.25) is 0 Å². The minimum Gasteiger partial charge on any atom is -0.550 e. The van der Waals surface area contributed by atoms with Gasteiger partial charge >= 0.3 is 18.0 Å². The fourth-order valence-corrected chi connectivity index (χ4v) is 0.623. The predicted octanol–water partition coefficient (Wildman–Crippen LogP) is 1.35. The average Bonchev–Trinajstić information content (AvgIpc) is 1.98. The molecule has 0 aliphatic carbocycles. The van der Waals surface area contributed by atoms with Crippen LogP contribution in [-0.2, 0) is 4.79 Å². The molecule has 0 spiro atoms. The maximum atomic E-state index is 12.3. The van der Waals surface area contributed by atoms with Gasteiger partial charge in [0, 0.05) is 12.4 Å². The van der Waals surface area contributed by atoms with Crippen molar-refractivity contribution in [3.63, 3.8) is 0 Å². The van der Waals surface area contributed by atoms with Crippen LogP contribution in [0.25, 0.3) is 0 Å². The second-order valence-corrected chi connectivity index (χ2v) is 2.65. The molecule has 0 unspecified atom stereocenters. The summed E-state index contributed by atoms with van der Waals surface area (Å²) in [5.41, 5.74) is 0. The summed E-state index contributed by atoms with van der Waals surface area (Å²) < 4.78 is 83.1. The van der Waals surface area contributed by atoms with Crippen LogP contribution in [0.2, 0.25) is 0 Å². The number of halogens is 7. The summed E-state index contributed by atoms with van der Waals surface area (Å²) in [5.74, 6) is -13.9. The maximum absolute atomic E-state index is 12.3. The Kier molecular flexibility index (Phi) is 3.59. The second-order valence-electron chi connectivity index (χ2n) is 2.65. The molecule has 0 amide bonds. The van der Waals surface area contributed by atoms with E-state index >= 15 is 0 Å². The number of carboxylic acids is 1. The number of carboxylic acid groups (broad SMARTS) is 1. The van der Waals surface area contributed by atoms with Gasteiger partial charge in [-0.3, -0.25) is 0 Å². The molecule has 0 aromatic rings. The molecule has 0 saturated carbocycles. The second kappa shape index (κ2) is 3.86. The van der Waals surface area contributed by atoms with Crippen LogP contribution in [0, 0.1) is 0 Å². The third-order valence-electron chi connectivity index (χ3n) is 1.46. The van der Waals surface area contributed by atoms with Crippen molar-refractivity contribution in [2.45, 2.75) is 30.9 Å². The highest BCUT2D eigenvalue weighted by Crippen LogP contribution is 2.48. The van der Waals surface area contributed by atoms with Crippen molar-refractivity contribution in [3.8, 4) is 0 Å². The molecule has 0 aromatic heterocycles. The molecule has 0 aliphatic rings. The van der Waals surface area contributed by atoms with Gasteiger partial charge in [0.05, 0.1) is 0 Å². The molecule has 0 aliphatic heterocycles. The van der Waals surface area contributed by atoms with Crippen LogP contribution in [0.4, 0.5) is 30.7 Å². The molecule has 0 saturated heterocycles. The summed E-state index contributed by atoms with van der Waals surface area (Å²) in [6.45, 7) is 0. The molecule has 0 atom stereocenters. The van der Waals surface area contributed by atoms with Gasteiger partial charge in [0.1, 0.15) is 0 Å². The van der Waals surface area contributed by atoms with Gasteiger partial charge in [-0.25, -0.2) is 0 Å². The summed E-state index contributed by atoms with van der Waals surface area (Å²) in [6.07, 6.45) is -10.1. The normalized spacial score (nSPS) is 14.1. The van der Waals surface area contributed by atoms with Gasteiger partial charge in [-0.2, -0.15) is 30.7 Å². The molecule has 15 heavy (non-hydrogen) atoms. The smallest absolute Gasteiger partial charge is 0.459 e. The number of alkyl halides is 7. The van der Waals surface area contributed by atoms with E-state index in [1.165, 1.54) is 0 Å². The van der Waals surface area contributed by atoms with Gasteiger partial charge in [-0.15, -0.1) is 0 Å². The number of carbonyl (C=O) groups is 1. The molecule has 0 heterocycles. The zero-order chi connectivity index (χ0) is 12.5. The summed E-state index contributed by atoms with van der Waals surface area (Å²) >= 11 is 0. The topological polar surface area (TPSA) is 40.1 Å². The van der Waals surface area contributed by atoms with Gasteiger partial charge in [0.25, 0.3) is 0 Å². The molecule has 0 N–H and O–H groups in total. The number of aliphatic carboxylic acids is 1. The molecule has 9 heteroatoms. The third-order valence-corrected chi connectivity index (χ3v) is 1.46. The number of hydrogen-bond donors (Lipinski definition) is 0. The van der Waals surface area contributed by atoms with E-state index in [9.17, 15) is 40.6 Å². The quantitative estimate of drug-likeness (QED) is 0.697. The van der Waals surface area contributed by atoms with Crippen LogP contribution < -0.4 is 5.11 Å². The standard InChI is InChI=1S/C6H5F7O2/c7-4(8,2-1-3(14)15)5(9,10)6(11,12)13/h1-2H2,(H,14,15)/p-1. The average molecular weight is 241 g/mol. The van der Waals surface area contributed by atoms with Gasteiger partial charge in [0.15, 0.2) is 0 Å². The van der Waals surface area contributed by atoms with E-state index in [0.717, 1.165) is 0 Å². The first-order chi connectivity index (χ1) is 6.42. The van der Waals surface area contributed by atoms with E-state index in [-0.39, 0.29) is 0 Å². The first-order valence-corrected chi connectivity index (χ1v) is 3.44. The van der Waals surface area contributed by atoms with Crippen molar-refractivity contribution >= 4 is 5.97 Å². The molecular formula is C6H4F7O2-. The van der Waals surface area contributed by atoms with E-state index in [1.807, 2.05) is 0 Å². The number of hydrogen-bond acceptors (Lipinski definition) is 2.